The predicted molar refractivity (Wildman–Crippen MR) is 110 cm³/mol. The Morgan fingerprint density at radius 2 is 1.53 bits per heavy atom. The summed E-state index contributed by atoms with van der Waals surface area (Å²) in [7, 11) is 0. The Labute approximate surface area is 192 Å². The molecule has 0 fully saturated rings. The van der Waals surface area contributed by atoms with Crippen LogP contribution in [-0.2, 0) is 30.1 Å². The summed E-state index contributed by atoms with van der Waals surface area (Å²) >= 11 is 0. The third kappa shape index (κ3) is 4.89. The number of fused-ring (bicyclic) bond motifs is 1. The van der Waals surface area contributed by atoms with Crippen LogP contribution >= 0.6 is 0 Å². The van der Waals surface area contributed by atoms with Crippen molar-refractivity contribution in [3.63, 3.8) is 0 Å². The van der Waals surface area contributed by atoms with Crippen LogP contribution in [0.15, 0.2) is 60.7 Å². The number of nitrogens with zero attached hydrogens (tertiary/aromatic N) is 1. The molecule has 3 nitrogen and oxygen atoms in total. The normalized spacial score (nSPS) is 18.6. The predicted octanol–water partition coefficient (Wildman–Crippen LogP) is 6.22. The average molecular weight is 482 g/mol. The number of pyridine rings is 1. The number of ether oxygens (including phenoxy) is 1. The van der Waals surface area contributed by atoms with Crippen LogP contribution in [0.5, 0.6) is 0 Å². The highest BCUT2D eigenvalue weighted by molar-refractivity contribution is 5.38. The van der Waals surface area contributed by atoms with E-state index in [4.69, 9.17) is 4.74 Å². The van der Waals surface area contributed by atoms with E-state index in [0.29, 0.717) is 36.4 Å². The van der Waals surface area contributed by atoms with E-state index in [1.54, 1.807) is 13.0 Å². The molecule has 4 rings (SSSR count). The smallest absolute Gasteiger partial charge is 0.373 e. The Morgan fingerprint density at radius 1 is 0.912 bits per heavy atom. The van der Waals surface area contributed by atoms with Gasteiger partial charge in [-0.05, 0) is 41.8 Å². The summed E-state index contributed by atoms with van der Waals surface area (Å²) in [6, 6.07) is 14.4. The summed E-state index contributed by atoms with van der Waals surface area (Å²) in [5.74, 6) is -0.350. The maximum atomic E-state index is 13.2. The molecule has 0 spiro atoms. The van der Waals surface area contributed by atoms with E-state index in [0.717, 1.165) is 15.9 Å². The van der Waals surface area contributed by atoms with Crippen LogP contribution in [0, 0.1) is 6.92 Å². The molecule has 0 unspecified atom stereocenters. The molecule has 3 aromatic rings. The molecule has 0 saturated carbocycles. The monoisotopic (exact) mass is 482 g/mol. The van der Waals surface area contributed by atoms with Crippen LogP contribution < -0.4 is 4.73 Å². The second-order valence-electron chi connectivity index (χ2n) is 8.38. The number of hydrogen-bond acceptors (Lipinski definition) is 2. The van der Waals surface area contributed by atoms with Gasteiger partial charge in [-0.3, -0.25) is 5.21 Å². The van der Waals surface area contributed by atoms with E-state index in [1.807, 2.05) is 36.4 Å². The first kappa shape index (κ1) is 24.1. The molecule has 9 heteroatoms. The molecule has 1 aromatic heterocycles. The molecule has 0 bridgehead atoms. The number of rotatable bonds is 4. The van der Waals surface area contributed by atoms with Gasteiger partial charge in [-0.1, -0.05) is 30.3 Å². The number of hydrogen-bond donors (Lipinski definition) is 1. The van der Waals surface area contributed by atoms with Crippen molar-refractivity contribution < 1.29 is 41.0 Å². The molecule has 0 amide bonds. The summed E-state index contributed by atoms with van der Waals surface area (Å²) < 4.78 is 86.4. The first-order valence-electron chi connectivity index (χ1n) is 10.6. The topological polar surface area (TPSA) is 33.3 Å². The minimum atomic E-state index is -4.92. The Bertz CT molecular complexity index is 1140. The van der Waals surface area contributed by atoms with Crippen LogP contribution in [0.3, 0.4) is 0 Å². The van der Waals surface area contributed by atoms with Crippen molar-refractivity contribution >= 4 is 0 Å². The summed E-state index contributed by atoms with van der Waals surface area (Å²) in [6.45, 7) is 1.34. The zero-order valence-electron chi connectivity index (χ0n) is 18.1. The fourth-order valence-corrected chi connectivity index (χ4v) is 4.43. The lowest BCUT2D eigenvalue weighted by Crippen LogP contribution is -2.44. The van der Waals surface area contributed by atoms with E-state index in [2.05, 4.69) is 0 Å². The lowest BCUT2D eigenvalue weighted by atomic mass is 9.78. The SMILES string of the molecule is Cc1ccc2c([n+]1O)CC[C@H](OCc1cc(C(F)(F)F)cc(C(F)(F)F)c1)[C@H]2c1ccccc1. The molecule has 2 atom stereocenters. The minimum Gasteiger partial charge on any atom is -0.373 e. The minimum absolute atomic E-state index is 0.107. The van der Waals surface area contributed by atoms with Gasteiger partial charge in [0.2, 0.25) is 11.4 Å². The number of halogens is 6. The van der Waals surface area contributed by atoms with Crippen molar-refractivity contribution in [3.8, 4) is 0 Å². The van der Waals surface area contributed by atoms with Gasteiger partial charge in [0.25, 0.3) is 0 Å². The Hall–Kier alpha value is -3.07. The average Bonchev–Trinajstić information content (AvgIpc) is 2.79. The molecule has 1 heterocycles. The van der Waals surface area contributed by atoms with Crippen molar-refractivity contribution in [2.24, 2.45) is 0 Å². The highest BCUT2D eigenvalue weighted by atomic mass is 19.4. The van der Waals surface area contributed by atoms with Crippen LogP contribution in [0.4, 0.5) is 26.3 Å². The van der Waals surface area contributed by atoms with E-state index in [-0.39, 0.29) is 17.5 Å². The summed E-state index contributed by atoms with van der Waals surface area (Å²) in [5, 5.41) is 10.5. The Kier molecular flexibility index (Phi) is 6.33. The van der Waals surface area contributed by atoms with E-state index in [1.165, 1.54) is 0 Å². The number of alkyl halides is 6. The molecule has 0 radical (unpaired) electrons. The summed E-state index contributed by atoms with van der Waals surface area (Å²) in [4.78, 5) is 0. The number of benzene rings is 2. The highest BCUT2D eigenvalue weighted by Gasteiger charge is 2.39. The number of aromatic nitrogens is 1. The van der Waals surface area contributed by atoms with Gasteiger partial charge in [0.1, 0.15) is 0 Å². The largest absolute Gasteiger partial charge is 0.416 e. The molecule has 1 N–H and O–H groups in total. The third-order valence-corrected chi connectivity index (χ3v) is 6.07. The second kappa shape index (κ2) is 8.94. The van der Waals surface area contributed by atoms with Crippen molar-refractivity contribution in [1.29, 1.82) is 0 Å². The molecule has 34 heavy (non-hydrogen) atoms. The lowest BCUT2D eigenvalue weighted by Gasteiger charge is -2.32. The van der Waals surface area contributed by atoms with Gasteiger partial charge >= 0.3 is 12.4 Å². The molecule has 1 aliphatic carbocycles. The van der Waals surface area contributed by atoms with Gasteiger partial charge in [-0.25, -0.2) is 0 Å². The van der Waals surface area contributed by atoms with Gasteiger partial charge in [0.05, 0.1) is 23.8 Å². The van der Waals surface area contributed by atoms with Crippen LogP contribution in [-0.4, -0.2) is 11.3 Å². The van der Waals surface area contributed by atoms with Crippen LogP contribution in [0.1, 0.15) is 51.5 Å². The fraction of sp³-hybridized carbons (Fsp3) is 0.320. The van der Waals surface area contributed by atoms with Crippen molar-refractivity contribution in [1.82, 2.24) is 0 Å². The van der Waals surface area contributed by atoms with Crippen LogP contribution in [0.25, 0.3) is 0 Å². The molecule has 180 valence electrons. The number of aryl methyl sites for hydroxylation is 1. The molecule has 1 aliphatic rings. The van der Waals surface area contributed by atoms with Gasteiger partial charge < -0.3 is 4.74 Å². The maximum Gasteiger partial charge on any atom is 0.416 e. The van der Waals surface area contributed by atoms with Gasteiger partial charge in [-0.2, -0.15) is 26.3 Å². The quantitative estimate of drug-likeness (QED) is 0.272. The molecule has 2 aromatic carbocycles. The van der Waals surface area contributed by atoms with Crippen molar-refractivity contribution in [2.45, 2.75) is 50.7 Å². The Balaban J connectivity index is 1.68. The van der Waals surface area contributed by atoms with Gasteiger partial charge in [-0.15, -0.1) is 0 Å². The third-order valence-electron chi connectivity index (χ3n) is 6.07. The zero-order valence-corrected chi connectivity index (χ0v) is 18.1. The zero-order chi connectivity index (χ0) is 24.7. The first-order chi connectivity index (χ1) is 15.9. The lowest BCUT2D eigenvalue weighted by molar-refractivity contribution is -0.914. The molecular formula is C25H22F6NO2+. The summed E-state index contributed by atoms with van der Waals surface area (Å²) in [5.41, 5.74) is 0.0761. The van der Waals surface area contributed by atoms with Gasteiger partial charge in [0.15, 0.2) is 0 Å². The second-order valence-corrected chi connectivity index (χ2v) is 8.38. The molecule has 0 saturated heterocycles. The van der Waals surface area contributed by atoms with Gasteiger partial charge in [0, 0.05) is 35.6 Å². The standard InChI is InChI=1S/C25H22F6NO2/c1-15-7-8-20-21(32(15)33)9-10-22(23(20)17-5-3-2-4-6-17)34-14-16-11-18(24(26,27)28)13-19(12-16)25(29,30)31/h2-8,11-13,22-23,33H,9-10,14H2,1H3/q+1/t22-,23-/m0/s1. The highest BCUT2D eigenvalue weighted by Crippen LogP contribution is 2.39. The fourth-order valence-electron chi connectivity index (χ4n) is 4.43. The van der Waals surface area contributed by atoms with E-state index < -0.39 is 36.2 Å². The van der Waals surface area contributed by atoms with Crippen molar-refractivity contribution in [3.05, 3.63) is 99.9 Å². The van der Waals surface area contributed by atoms with E-state index >= 15 is 0 Å². The Morgan fingerprint density at radius 3 is 2.12 bits per heavy atom. The molecule has 0 aliphatic heterocycles. The summed E-state index contributed by atoms with van der Waals surface area (Å²) in [6.07, 6.45) is -9.47. The first-order valence-corrected chi connectivity index (χ1v) is 10.6. The van der Waals surface area contributed by atoms with Crippen molar-refractivity contribution in [2.75, 3.05) is 0 Å². The maximum absolute atomic E-state index is 13.2. The molecular weight excluding hydrogens is 460 g/mol. The van der Waals surface area contributed by atoms with E-state index in [9.17, 15) is 31.5 Å². The van der Waals surface area contributed by atoms with Crippen LogP contribution in [0.2, 0.25) is 0 Å².